The minimum atomic E-state index is -4.46. The monoisotopic (exact) mass is 338 g/mol. The number of carbonyl (C=O) groups is 1. The number of nitrogens with one attached hydrogen (secondary N) is 1. The summed E-state index contributed by atoms with van der Waals surface area (Å²) in [4.78, 5) is 11.7. The zero-order valence-corrected chi connectivity index (χ0v) is 12.0. The van der Waals surface area contributed by atoms with Gasteiger partial charge >= 0.3 is 6.18 Å². The van der Waals surface area contributed by atoms with Crippen LogP contribution in [0.15, 0.2) is 22.7 Å². The maximum absolute atomic E-state index is 12.6. The lowest BCUT2D eigenvalue weighted by Crippen LogP contribution is -2.39. The third kappa shape index (κ3) is 4.21. The molecular weight excluding hydrogens is 325 g/mol. The van der Waals surface area contributed by atoms with Crippen molar-refractivity contribution >= 4 is 27.5 Å². The molecule has 0 aromatic heterocycles. The summed E-state index contributed by atoms with van der Waals surface area (Å²) >= 11 is 3.09. The summed E-state index contributed by atoms with van der Waals surface area (Å²) in [6, 6.07) is 2.26. The minimum absolute atomic E-state index is 0.0518. The molecule has 0 aliphatic heterocycles. The SMILES string of the molecule is CC(C)[C@@H](N)C(=O)Nc1cc(C(F)(F)F)ccc1Br. The molecule has 7 heteroatoms. The van der Waals surface area contributed by atoms with Crippen molar-refractivity contribution in [1.29, 1.82) is 0 Å². The minimum Gasteiger partial charge on any atom is -0.324 e. The van der Waals surface area contributed by atoms with Crippen LogP contribution in [0.2, 0.25) is 0 Å². The smallest absolute Gasteiger partial charge is 0.324 e. The van der Waals surface area contributed by atoms with Crippen molar-refractivity contribution in [3.63, 3.8) is 0 Å². The number of alkyl halides is 3. The van der Waals surface area contributed by atoms with E-state index in [9.17, 15) is 18.0 Å². The van der Waals surface area contributed by atoms with Crippen molar-refractivity contribution in [2.45, 2.75) is 26.1 Å². The lowest BCUT2D eigenvalue weighted by atomic mass is 10.0. The molecule has 0 aliphatic carbocycles. The molecule has 0 bridgehead atoms. The van der Waals surface area contributed by atoms with Crippen molar-refractivity contribution in [1.82, 2.24) is 0 Å². The first-order valence-corrected chi connectivity index (χ1v) is 6.35. The Hall–Kier alpha value is -1.08. The molecule has 0 unspecified atom stereocenters. The number of anilines is 1. The Bertz CT molecular complexity index is 475. The fourth-order valence-corrected chi connectivity index (χ4v) is 1.66. The van der Waals surface area contributed by atoms with Gasteiger partial charge < -0.3 is 11.1 Å². The summed E-state index contributed by atoms with van der Waals surface area (Å²) in [5.74, 6) is -0.625. The van der Waals surface area contributed by atoms with Gasteiger partial charge in [0, 0.05) is 4.47 Å². The van der Waals surface area contributed by atoms with Gasteiger partial charge in [0.2, 0.25) is 5.91 Å². The molecule has 106 valence electrons. The predicted octanol–water partition coefficient (Wildman–Crippen LogP) is 3.39. The molecule has 0 spiro atoms. The topological polar surface area (TPSA) is 55.1 Å². The van der Waals surface area contributed by atoms with Gasteiger partial charge in [0.05, 0.1) is 17.3 Å². The summed E-state index contributed by atoms with van der Waals surface area (Å²) in [7, 11) is 0. The summed E-state index contributed by atoms with van der Waals surface area (Å²) in [5, 5.41) is 2.39. The van der Waals surface area contributed by atoms with Crippen LogP contribution in [0.25, 0.3) is 0 Å². The van der Waals surface area contributed by atoms with Crippen molar-refractivity contribution in [3.8, 4) is 0 Å². The molecule has 0 saturated heterocycles. The molecule has 0 fully saturated rings. The maximum atomic E-state index is 12.6. The van der Waals surface area contributed by atoms with E-state index in [1.54, 1.807) is 13.8 Å². The second-order valence-electron chi connectivity index (χ2n) is 4.45. The molecule has 1 rings (SSSR count). The van der Waals surface area contributed by atoms with E-state index in [1.807, 2.05) is 0 Å². The number of carbonyl (C=O) groups excluding carboxylic acids is 1. The van der Waals surface area contributed by atoms with E-state index < -0.39 is 23.7 Å². The molecule has 1 aromatic rings. The summed E-state index contributed by atoms with van der Waals surface area (Å²) < 4.78 is 38.1. The summed E-state index contributed by atoms with van der Waals surface area (Å²) in [6.07, 6.45) is -4.46. The molecule has 1 amide bonds. The fourth-order valence-electron chi connectivity index (χ4n) is 1.32. The van der Waals surface area contributed by atoms with E-state index in [1.165, 1.54) is 6.07 Å². The van der Waals surface area contributed by atoms with Crippen LogP contribution in [0.4, 0.5) is 18.9 Å². The van der Waals surface area contributed by atoms with Gasteiger partial charge in [-0.15, -0.1) is 0 Å². The second kappa shape index (κ2) is 5.92. The molecule has 0 radical (unpaired) electrons. The Balaban J connectivity index is 2.98. The maximum Gasteiger partial charge on any atom is 0.416 e. The predicted molar refractivity (Wildman–Crippen MR) is 70.6 cm³/mol. The van der Waals surface area contributed by atoms with E-state index in [2.05, 4.69) is 21.2 Å². The van der Waals surface area contributed by atoms with Crippen LogP contribution in [-0.4, -0.2) is 11.9 Å². The quantitative estimate of drug-likeness (QED) is 0.887. The highest BCUT2D eigenvalue weighted by molar-refractivity contribution is 9.10. The number of hydrogen-bond acceptors (Lipinski definition) is 2. The Morgan fingerprint density at radius 3 is 2.42 bits per heavy atom. The van der Waals surface area contributed by atoms with Crippen LogP contribution in [-0.2, 0) is 11.0 Å². The highest BCUT2D eigenvalue weighted by atomic mass is 79.9. The molecule has 3 nitrogen and oxygen atoms in total. The Morgan fingerprint density at radius 1 is 1.37 bits per heavy atom. The number of benzene rings is 1. The molecule has 0 heterocycles. The normalized spacial score (nSPS) is 13.5. The number of nitrogens with two attached hydrogens (primary N) is 1. The molecule has 1 aromatic carbocycles. The van der Waals surface area contributed by atoms with Gasteiger partial charge in [0.25, 0.3) is 0 Å². The lowest BCUT2D eigenvalue weighted by Gasteiger charge is -2.17. The molecule has 1 atom stereocenters. The Kier molecular flexibility index (Phi) is 4.98. The van der Waals surface area contributed by atoms with E-state index >= 15 is 0 Å². The number of halogens is 4. The molecule has 3 N–H and O–H groups in total. The van der Waals surface area contributed by atoms with Crippen molar-refractivity contribution < 1.29 is 18.0 Å². The average Bonchev–Trinajstić information content (AvgIpc) is 2.29. The average molecular weight is 339 g/mol. The first-order chi connectivity index (χ1) is 8.62. The van der Waals surface area contributed by atoms with E-state index in [0.29, 0.717) is 4.47 Å². The first-order valence-electron chi connectivity index (χ1n) is 5.56. The van der Waals surface area contributed by atoms with Crippen LogP contribution >= 0.6 is 15.9 Å². The molecule has 0 aliphatic rings. The van der Waals surface area contributed by atoms with Gasteiger partial charge in [-0.25, -0.2) is 0 Å². The Labute approximate surface area is 117 Å². The molecule has 0 saturated carbocycles. The van der Waals surface area contributed by atoms with Crippen LogP contribution in [0, 0.1) is 5.92 Å². The van der Waals surface area contributed by atoms with Crippen LogP contribution in [0.1, 0.15) is 19.4 Å². The van der Waals surface area contributed by atoms with Gasteiger partial charge in [-0.3, -0.25) is 4.79 Å². The highest BCUT2D eigenvalue weighted by Crippen LogP contribution is 2.34. The fraction of sp³-hybridized carbons (Fsp3) is 0.417. The van der Waals surface area contributed by atoms with Crippen LogP contribution < -0.4 is 11.1 Å². The van der Waals surface area contributed by atoms with Crippen molar-refractivity contribution in [2.24, 2.45) is 11.7 Å². The summed E-state index contributed by atoms with van der Waals surface area (Å²) in [5.41, 5.74) is 4.85. The number of amides is 1. The largest absolute Gasteiger partial charge is 0.416 e. The third-order valence-corrected chi connectivity index (χ3v) is 3.26. The Morgan fingerprint density at radius 2 is 1.95 bits per heavy atom. The standard InChI is InChI=1S/C12H14BrF3N2O/c1-6(2)10(17)11(19)18-9-5-7(12(14,15)16)3-4-8(9)13/h3-6,10H,17H2,1-2H3,(H,18,19)/t10-/m1/s1. The van der Waals surface area contributed by atoms with Gasteiger partial charge in [-0.1, -0.05) is 13.8 Å². The zero-order valence-electron chi connectivity index (χ0n) is 10.4. The van der Waals surface area contributed by atoms with Gasteiger partial charge in [-0.05, 0) is 40.0 Å². The number of rotatable bonds is 3. The lowest BCUT2D eigenvalue weighted by molar-refractivity contribution is -0.137. The van der Waals surface area contributed by atoms with Crippen molar-refractivity contribution in [2.75, 3.05) is 5.32 Å². The molecule has 19 heavy (non-hydrogen) atoms. The van der Waals surface area contributed by atoms with E-state index in [0.717, 1.165) is 12.1 Å². The van der Waals surface area contributed by atoms with E-state index in [4.69, 9.17) is 5.73 Å². The van der Waals surface area contributed by atoms with E-state index in [-0.39, 0.29) is 11.6 Å². The van der Waals surface area contributed by atoms with Crippen molar-refractivity contribution in [3.05, 3.63) is 28.2 Å². The van der Waals surface area contributed by atoms with Crippen LogP contribution in [0.5, 0.6) is 0 Å². The first kappa shape index (κ1) is 16.0. The second-order valence-corrected chi connectivity index (χ2v) is 5.31. The zero-order chi connectivity index (χ0) is 14.8. The van der Waals surface area contributed by atoms with Gasteiger partial charge in [0.15, 0.2) is 0 Å². The van der Waals surface area contributed by atoms with Crippen LogP contribution in [0.3, 0.4) is 0 Å². The summed E-state index contributed by atoms with van der Waals surface area (Å²) in [6.45, 7) is 3.51. The third-order valence-electron chi connectivity index (χ3n) is 2.57. The molecular formula is C12H14BrF3N2O. The van der Waals surface area contributed by atoms with Gasteiger partial charge in [-0.2, -0.15) is 13.2 Å². The highest BCUT2D eigenvalue weighted by Gasteiger charge is 2.31. The number of hydrogen-bond donors (Lipinski definition) is 2. The van der Waals surface area contributed by atoms with Gasteiger partial charge in [0.1, 0.15) is 0 Å².